The molecule has 0 heterocycles. The Morgan fingerprint density at radius 1 is 1.53 bits per heavy atom. The molecular formula is C12H18ClFN2S. The molecule has 1 aromatic carbocycles. The van der Waals surface area contributed by atoms with Gasteiger partial charge >= 0.3 is 0 Å². The van der Waals surface area contributed by atoms with E-state index in [1.165, 1.54) is 6.07 Å². The van der Waals surface area contributed by atoms with E-state index < -0.39 is 0 Å². The molecule has 0 saturated carbocycles. The van der Waals surface area contributed by atoms with Gasteiger partial charge in [0.05, 0.1) is 5.02 Å². The van der Waals surface area contributed by atoms with Gasteiger partial charge in [0.15, 0.2) is 0 Å². The first-order valence-electron chi connectivity index (χ1n) is 5.65. The Kier molecular flexibility index (Phi) is 6.89. The van der Waals surface area contributed by atoms with E-state index in [9.17, 15) is 4.39 Å². The van der Waals surface area contributed by atoms with Gasteiger partial charge in [0.25, 0.3) is 0 Å². The Hall–Kier alpha value is -0.290. The molecule has 3 N–H and O–H groups in total. The SMILES string of the molecule is CCCSCC(Cc1cccc(F)c1Cl)NN. The van der Waals surface area contributed by atoms with Crippen LogP contribution in [0.4, 0.5) is 4.39 Å². The van der Waals surface area contributed by atoms with E-state index in [4.69, 9.17) is 17.4 Å². The highest BCUT2D eigenvalue weighted by Gasteiger charge is 2.12. The van der Waals surface area contributed by atoms with E-state index in [0.717, 1.165) is 23.5 Å². The van der Waals surface area contributed by atoms with Crippen LogP contribution in [-0.2, 0) is 6.42 Å². The minimum Gasteiger partial charge on any atom is -0.271 e. The van der Waals surface area contributed by atoms with E-state index in [-0.39, 0.29) is 16.9 Å². The lowest BCUT2D eigenvalue weighted by atomic mass is 10.1. The van der Waals surface area contributed by atoms with Crippen molar-refractivity contribution in [2.24, 2.45) is 5.84 Å². The molecule has 1 aromatic rings. The normalized spacial score (nSPS) is 12.7. The van der Waals surface area contributed by atoms with Gasteiger partial charge in [0.1, 0.15) is 5.82 Å². The summed E-state index contributed by atoms with van der Waals surface area (Å²) >= 11 is 7.74. The van der Waals surface area contributed by atoms with Crippen LogP contribution in [0.5, 0.6) is 0 Å². The third kappa shape index (κ3) is 4.84. The first-order valence-corrected chi connectivity index (χ1v) is 7.19. The van der Waals surface area contributed by atoms with E-state index in [1.54, 1.807) is 6.07 Å². The fraction of sp³-hybridized carbons (Fsp3) is 0.500. The van der Waals surface area contributed by atoms with Crippen LogP contribution in [0.1, 0.15) is 18.9 Å². The van der Waals surface area contributed by atoms with Crippen LogP contribution in [0.15, 0.2) is 18.2 Å². The Balaban J connectivity index is 2.57. The minimum atomic E-state index is -0.374. The molecule has 1 atom stereocenters. The van der Waals surface area contributed by atoms with Crippen molar-refractivity contribution >= 4 is 23.4 Å². The molecule has 1 rings (SSSR count). The predicted octanol–water partition coefficient (Wildman–Crippen LogP) is 3.00. The predicted molar refractivity (Wildman–Crippen MR) is 73.8 cm³/mol. The number of rotatable bonds is 7. The van der Waals surface area contributed by atoms with Crippen molar-refractivity contribution in [2.75, 3.05) is 11.5 Å². The van der Waals surface area contributed by atoms with Crippen LogP contribution < -0.4 is 11.3 Å². The summed E-state index contributed by atoms with van der Waals surface area (Å²) in [6.45, 7) is 2.14. The van der Waals surface area contributed by atoms with Gasteiger partial charge in [0, 0.05) is 11.8 Å². The number of hydrogen-bond acceptors (Lipinski definition) is 3. The van der Waals surface area contributed by atoms with Crippen LogP contribution >= 0.6 is 23.4 Å². The lowest BCUT2D eigenvalue weighted by Gasteiger charge is -2.16. The fourth-order valence-corrected chi connectivity index (χ4v) is 2.66. The second kappa shape index (κ2) is 7.93. The van der Waals surface area contributed by atoms with Crippen LogP contribution in [0, 0.1) is 5.82 Å². The monoisotopic (exact) mass is 276 g/mol. The summed E-state index contributed by atoms with van der Waals surface area (Å²) in [4.78, 5) is 0. The topological polar surface area (TPSA) is 38.0 Å². The average Bonchev–Trinajstić information content (AvgIpc) is 2.33. The van der Waals surface area contributed by atoms with E-state index in [1.807, 2.05) is 17.8 Å². The van der Waals surface area contributed by atoms with Gasteiger partial charge < -0.3 is 0 Å². The lowest BCUT2D eigenvalue weighted by Crippen LogP contribution is -2.38. The van der Waals surface area contributed by atoms with Gasteiger partial charge in [-0.25, -0.2) is 4.39 Å². The molecular weight excluding hydrogens is 259 g/mol. The Morgan fingerprint density at radius 3 is 2.94 bits per heavy atom. The molecule has 0 radical (unpaired) electrons. The van der Waals surface area contributed by atoms with Crippen molar-refractivity contribution < 1.29 is 4.39 Å². The molecule has 0 aliphatic heterocycles. The number of halogens is 2. The maximum atomic E-state index is 13.3. The summed E-state index contributed by atoms with van der Waals surface area (Å²) in [5.41, 5.74) is 3.55. The summed E-state index contributed by atoms with van der Waals surface area (Å²) in [7, 11) is 0. The zero-order valence-electron chi connectivity index (χ0n) is 9.88. The average molecular weight is 277 g/mol. The molecule has 0 spiro atoms. The largest absolute Gasteiger partial charge is 0.271 e. The third-order valence-electron chi connectivity index (χ3n) is 2.40. The van der Waals surface area contributed by atoms with Crippen molar-refractivity contribution in [3.05, 3.63) is 34.6 Å². The number of nitrogens with one attached hydrogen (secondary N) is 1. The second-order valence-corrected chi connectivity index (χ2v) is 5.38. The maximum absolute atomic E-state index is 13.3. The van der Waals surface area contributed by atoms with Crippen molar-refractivity contribution in [3.8, 4) is 0 Å². The highest BCUT2D eigenvalue weighted by Crippen LogP contribution is 2.21. The zero-order valence-corrected chi connectivity index (χ0v) is 11.5. The highest BCUT2D eigenvalue weighted by atomic mass is 35.5. The smallest absolute Gasteiger partial charge is 0.142 e. The van der Waals surface area contributed by atoms with E-state index in [2.05, 4.69) is 12.3 Å². The Bertz CT molecular complexity index is 349. The Morgan fingerprint density at radius 2 is 2.29 bits per heavy atom. The number of nitrogens with two attached hydrogens (primary N) is 1. The molecule has 17 heavy (non-hydrogen) atoms. The molecule has 0 bridgehead atoms. The summed E-state index contributed by atoms with van der Waals surface area (Å²) in [6.07, 6.45) is 1.78. The summed E-state index contributed by atoms with van der Waals surface area (Å²) in [6, 6.07) is 4.98. The Labute approximate surface area is 111 Å². The molecule has 0 fully saturated rings. The quantitative estimate of drug-likeness (QED) is 0.457. The van der Waals surface area contributed by atoms with Crippen LogP contribution in [0.3, 0.4) is 0 Å². The fourth-order valence-electron chi connectivity index (χ4n) is 1.51. The molecule has 0 aliphatic carbocycles. The standard InChI is InChI=1S/C12H18ClFN2S/c1-2-6-17-8-10(16-15)7-9-4-3-5-11(14)12(9)13/h3-5,10,16H,2,6-8,15H2,1H3. The number of thioether (sulfide) groups is 1. The van der Waals surface area contributed by atoms with Crippen molar-refractivity contribution in [1.82, 2.24) is 5.43 Å². The first-order chi connectivity index (χ1) is 8.19. The molecule has 5 heteroatoms. The number of hydrogen-bond donors (Lipinski definition) is 2. The second-order valence-electron chi connectivity index (χ2n) is 3.86. The molecule has 1 unspecified atom stereocenters. The minimum absolute atomic E-state index is 0.117. The van der Waals surface area contributed by atoms with Crippen LogP contribution in [0.25, 0.3) is 0 Å². The number of benzene rings is 1. The van der Waals surface area contributed by atoms with Crippen LogP contribution in [-0.4, -0.2) is 17.5 Å². The van der Waals surface area contributed by atoms with E-state index in [0.29, 0.717) is 6.42 Å². The zero-order chi connectivity index (χ0) is 12.7. The molecule has 96 valence electrons. The summed E-state index contributed by atoms with van der Waals surface area (Å²) in [5.74, 6) is 7.12. The molecule has 0 amide bonds. The van der Waals surface area contributed by atoms with Gasteiger partial charge in [-0.2, -0.15) is 11.8 Å². The highest BCUT2D eigenvalue weighted by molar-refractivity contribution is 7.99. The first kappa shape index (κ1) is 14.8. The third-order valence-corrected chi connectivity index (χ3v) is 4.16. The van der Waals surface area contributed by atoms with Gasteiger partial charge in [-0.3, -0.25) is 11.3 Å². The molecule has 0 saturated heterocycles. The lowest BCUT2D eigenvalue weighted by molar-refractivity contribution is 0.570. The van der Waals surface area contributed by atoms with Gasteiger partial charge in [-0.15, -0.1) is 0 Å². The summed E-state index contributed by atoms with van der Waals surface area (Å²) in [5, 5.41) is 0.202. The van der Waals surface area contributed by atoms with Crippen molar-refractivity contribution in [2.45, 2.75) is 25.8 Å². The maximum Gasteiger partial charge on any atom is 0.142 e. The molecule has 0 aliphatic rings. The molecule has 0 aromatic heterocycles. The van der Waals surface area contributed by atoms with Gasteiger partial charge in [-0.05, 0) is 30.2 Å². The number of hydrazine groups is 1. The summed E-state index contributed by atoms with van der Waals surface area (Å²) < 4.78 is 13.3. The van der Waals surface area contributed by atoms with E-state index >= 15 is 0 Å². The molecule has 2 nitrogen and oxygen atoms in total. The van der Waals surface area contributed by atoms with Gasteiger partial charge in [0.2, 0.25) is 0 Å². The van der Waals surface area contributed by atoms with Crippen LogP contribution in [0.2, 0.25) is 5.02 Å². The van der Waals surface area contributed by atoms with Crippen molar-refractivity contribution in [1.29, 1.82) is 0 Å². The van der Waals surface area contributed by atoms with Crippen molar-refractivity contribution in [3.63, 3.8) is 0 Å². The van der Waals surface area contributed by atoms with Gasteiger partial charge in [-0.1, -0.05) is 30.7 Å².